The molecule has 23 heavy (non-hydrogen) atoms. The molecular formula is C17H22N4O2. The highest BCUT2D eigenvalue weighted by Gasteiger charge is 2.31. The number of ether oxygens (including phenoxy) is 1. The van der Waals surface area contributed by atoms with Crippen LogP contribution < -0.4 is 11.1 Å². The van der Waals surface area contributed by atoms with Crippen molar-refractivity contribution in [3.63, 3.8) is 0 Å². The molecule has 1 aromatic heterocycles. The number of primary amides is 1. The third kappa shape index (κ3) is 3.60. The van der Waals surface area contributed by atoms with E-state index in [0.29, 0.717) is 12.5 Å². The molecule has 1 amide bonds. The Bertz CT molecular complexity index is 656. The van der Waals surface area contributed by atoms with Crippen LogP contribution in [0.1, 0.15) is 29.7 Å². The Hall–Kier alpha value is -2.18. The molecule has 1 fully saturated rings. The van der Waals surface area contributed by atoms with Crippen LogP contribution in [0.4, 0.5) is 0 Å². The van der Waals surface area contributed by atoms with E-state index in [4.69, 9.17) is 10.5 Å². The fraction of sp³-hybridized carbons (Fsp3) is 0.412. The van der Waals surface area contributed by atoms with Crippen molar-refractivity contribution >= 4 is 5.91 Å². The van der Waals surface area contributed by atoms with Gasteiger partial charge in [-0.05, 0) is 12.0 Å². The molecule has 1 aliphatic rings. The first-order chi connectivity index (χ1) is 11.1. The van der Waals surface area contributed by atoms with Gasteiger partial charge in [0, 0.05) is 37.9 Å². The second-order valence-electron chi connectivity index (χ2n) is 5.94. The Labute approximate surface area is 135 Å². The first-order valence-electron chi connectivity index (χ1n) is 7.83. The van der Waals surface area contributed by atoms with Crippen LogP contribution in [0.5, 0.6) is 0 Å². The first-order valence-corrected chi connectivity index (χ1v) is 7.83. The number of amides is 1. The summed E-state index contributed by atoms with van der Waals surface area (Å²) in [6.45, 7) is 1.39. The number of aryl methyl sites for hydroxylation is 1. The van der Waals surface area contributed by atoms with Crippen molar-refractivity contribution in [2.45, 2.75) is 18.6 Å². The smallest absolute Gasteiger partial charge is 0.239 e. The predicted octanol–water partition coefficient (Wildman–Crippen LogP) is 1.31. The molecule has 1 aliphatic heterocycles. The minimum atomic E-state index is -0.480. The maximum absolute atomic E-state index is 11.8. The fourth-order valence-corrected chi connectivity index (χ4v) is 3.10. The molecule has 0 unspecified atom stereocenters. The molecule has 3 rings (SSSR count). The summed E-state index contributed by atoms with van der Waals surface area (Å²) in [5.41, 5.74) is 7.52. The van der Waals surface area contributed by atoms with Crippen LogP contribution >= 0.6 is 0 Å². The summed E-state index contributed by atoms with van der Waals surface area (Å²) in [5, 5.41) is 7.51. The van der Waals surface area contributed by atoms with E-state index in [0.717, 1.165) is 24.2 Å². The lowest BCUT2D eigenvalue weighted by molar-refractivity contribution is -0.120. The fourth-order valence-electron chi connectivity index (χ4n) is 3.10. The zero-order valence-electron chi connectivity index (χ0n) is 13.2. The second-order valence-corrected chi connectivity index (χ2v) is 5.94. The number of benzene rings is 1. The Morgan fingerprint density at radius 2 is 2.26 bits per heavy atom. The summed E-state index contributed by atoms with van der Waals surface area (Å²) in [5.74, 6) is -0.0715. The molecule has 0 aliphatic carbocycles. The normalized spacial score (nSPS) is 22.1. The van der Waals surface area contributed by atoms with Gasteiger partial charge in [0.1, 0.15) is 6.04 Å². The summed E-state index contributed by atoms with van der Waals surface area (Å²) in [7, 11) is 1.89. The number of rotatable bonds is 6. The van der Waals surface area contributed by atoms with E-state index in [-0.39, 0.29) is 12.0 Å². The van der Waals surface area contributed by atoms with Gasteiger partial charge in [-0.15, -0.1) is 0 Å². The van der Waals surface area contributed by atoms with Crippen LogP contribution in [0, 0.1) is 5.92 Å². The van der Waals surface area contributed by atoms with Crippen LogP contribution in [-0.4, -0.2) is 28.8 Å². The lowest BCUT2D eigenvalue weighted by Crippen LogP contribution is -2.37. The number of hydrogen-bond acceptors (Lipinski definition) is 4. The van der Waals surface area contributed by atoms with E-state index < -0.39 is 6.04 Å². The van der Waals surface area contributed by atoms with E-state index >= 15 is 0 Å². The second kappa shape index (κ2) is 6.93. The molecule has 0 bridgehead atoms. The summed E-state index contributed by atoms with van der Waals surface area (Å²) in [6, 6.07) is 9.07. The van der Waals surface area contributed by atoms with Crippen LogP contribution in [0.15, 0.2) is 42.7 Å². The molecule has 0 spiro atoms. The topological polar surface area (TPSA) is 82.2 Å². The number of nitrogens with one attached hydrogen (secondary N) is 1. The molecular weight excluding hydrogens is 292 g/mol. The van der Waals surface area contributed by atoms with Crippen LogP contribution in [-0.2, 0) is 16.6 Å². The largest absolute Gasteiger partial charge is 0.373 e. The zero-order chi connectivity index (χ0) is 16.2. The SMILES string of the molecule is Cn1cc([C@@H]2OCC[C@@H]2CN[C@@H](C(N)=O)c2ccccc2)cn1. The van der Waals surface area contributed by atoms with Gasteiger partial charge >= 0.3 is 0 Å². The van der Waals surface area contributed by atoms with E-state index in [9.17, 15) is 4.79 Å². The molecule has 0 saturated carbocycles. The van der Waals surface area contributed by atoms with Gasteiger partial charge in [-0.2, -0.15) is 5.10 Å². The first kappa shape index (κ1) is 15.7. The van der Waals surface area contributed by atoms with Crippen molar-refractivity contribution in [3.05, 3.63) is 53.9 Å². The standard InChI is InChI=1S/C17H22N4O2/c1-21-11-14(10-20-21)16-13(7-8-23-16)9-19-15(17(18)22)12-5-3-2-4-6-12/h2-6,10-11,13,15-16,19H,7-9H2,1H3,(H2,18,22)/t13-,15-,16-/m1/s1. The lowest BCUT2D eigenvalue weighted by atomic mass is 9.96. The van der Waals surface area contributed by atoms with E-state index in [1.54, 1.807) is 4.68 Å². The lowest BCUT2D eigenvalue weighted by Gasteiger charge is -2.21. The number of carbonyl (C=O) groups is 1. The molecule has 1 saturated heterocycles. The highest BCUT2D eigenvalue weighted by atomic mass is 16.5. The van der Waals surface area contributed by atoms with Gasteiger partial charge in [0.05, 0.1) is 12.3 Å². The van der Waals surface area contributed by atoms with E-state index in [1.165, 1.54) is 0 Å². The third-order valence-corrected chi connectivity index (χ3v) is 4.27. The molecule has 1 aromatic carbocycles. The maximum Gasteiger partial charge on any atom is 0.239 e. The highest BCUT2D eigenvalue weighted by Crippen LogP contribution is 2.34. The average molecular weight is 314 g/mol. The van der Waals surface area contributed by atoms with Gasteiger partial charge in [0.25, 0.3) is 0 Å². The number of hydrogen-bond donors (Lipinski definition) is 2. The number of aromatic nitrogens is 2. The monoisotopic (exact) mass is 314 g/mol. The van der Waals surface area contributed by atoms with E-state index in [1.807, 2.05) is 49.8 Å². The number of nitrogens with two attached hydrogens (primary N) is 1. The average Bonchev–Trinajstić information content (AvgIpc) is 3.17. The van der Waals surface area contributed by atoms with E-state index in [2.05, 4.69) is 10.4 Å². The van der Waals surface area contributed by atoms with Gasteiger partial charge in [-0.3, -0.25) is 9.48 Å². The summed E-state index contributed by atoms with van der Waals surface area (Å²) >= 11 is 0. The van der Waals surface area contributed by atoms with Crippen LogP contribution in [0.25, 0.3) is 0 Å². The van der Waals surface area contributed by atoms with Gasteiger partial charge in [-0.25, -0.2) is 0 Å². The maximum atomic E-state index is 11.8. The summed E-state index contributed by atoms with van der Waals surface area (Å²) in [6.07, 6.45) is 4.78. The Morgan fingerprint density at radius 3 is 2.91 bits per heavy atom. The quantitative estimate of drug-likeness (QED) is 0.842. The minimum absolute atomic E-state index is 0.0144. The summed E-state index contributed by atoms with van der Waals surface area (Å²) < 4.78 is 7.63. The van der Waals surface area contributed by atoms with Gasteiger partial charge in [0.15, 0.2) is 0 Å². The van der Waals surface area contributed by atoms with Gasteiger partial charge < -0.3 is 15.8 Å². The van der Waals surface area contributed by atoms with Crippen molar-refractivity contribution < 1.29 is 9.53 Å². The van der Waals surface area contributed by atoms with Crippen molar-refractivity contribution in [3.8, 4) is 0 Å². The van der Waals surface area contributed by atoms with Crippen molar-refractivity contribution in [1.29, 1.82) is 0 Å². The Morgan fingerprint density at radius 1 is 1.48 bits per heavy atom. The third-order valence-electron chi connectivity index (χ3n) is 4.27. The van der Waals surface area contributed by atoms with Gasteiger partial charge in [-0.1, -0.05) is 30.3 Å². The zero-order valence-corrected chi connectivity index (χ0v) is 13.2. The van der Waals surface area contributed by atoms with Crippen LogP contribution in [0.3, 0.4) is 0 Å². The van der Waals surface area contributed by atoms with Gasteiger partial charge in [0.2, 0.25) is 5.91 Å². The Kier molecular flexibility index (Phi) is 4.73. The number of carbonyl (C=O) groups excluding carboxylic acids is 1. The molecule has 0 radical (unpaired) electrons. The molecule has 2 heterocycles. The van der Waals surface area contributed by atoms with Crippen molar-refractivity contribution in [2.24, 2.45) is 18.7 Å². The predicted molar refractivity (Wildman–Crippen MR) is 86.4 cm³/mol. The Balaban J connectivity index is 1.67. The molecule has 3 N–H and O–H groups in total. The number of nitrogens with zero attached hydrogens (tertiary/aromatic N) is 2. The molecule has 3 atom stereocenters. The summed E-state index contributed by atoms with van der Waals surface area (Å²) in [4.78, 5) is 11.8. The van der Waals surface area contributed by atoms with Crippen LogP contribution in [0.2, 0.25) is 0 Å². The molecule has 6 heteroatoms. The molecule has 6 nitrogen and oxygen atoms in total. The van der Waals surface area contributed by atoms with Crippen molar-refractivity contribution in [2.75, 3.05) is 13.2 Å². The molecule has 2 aromatic rings. The minimum Gasteiger partial charge on any atom is -0.373 e. The molecule has 122 valence electrons. The van der Waals surface area contributed by atoms with Crippen molar-refractivity contribution in [1.82, 2.24) is 15.1 Å². The highest BCUT2D eigenvalue weighted by molar-refractivity contribution is 5.81.